The lowest BCUT2D eigenvalue weighted by Gasteiger charge is -2.16. The Bertz CT molecular complexity index is 426. The molecule has 2 N–H and O–H groups in total. The highest BCUT2D eigenvalue weighted by molar-refractivity contribution is 5.81. The van der Waals surface area contributed by atoms with E-state index in [1.807, 2.05) is 6.92 Å². The van der Waals surface area contributed by atoms with Crippen LogP contribution in [-0.4, -0.2) is 22.8 Å². The predicted molar refractivity (Wildman–Crippen MR) is 68.6 cm³/mol. The van der Waals surface area contributed by atoms with Gasteiger partial charge in [-0.25, -0.2) is 4.79 Å². The van der Waals surface area contributed by atoms with E-state index in [9.17, 15) is 15.0 Å². The van der Waals surface area contributed by atoms with E-state index >= 15 is 0 Å². The van der Waals surface area contributed by atoms with Crippen LogP contribution in [0.25, 0.3) is 0 Å². The number of phenolic OH excluding ortho intramolecular Hbond substituents is 2. The zero-order chi connectivity index (χ0) is 13.5. The van der Waals surface area contributed by atoms with Crippen molar-refractivity contribution in [3.05, 3.63) is 36.4 Å². The first-order valence-electron chi connectivity index (χ1n) is 5.89. The molecule has 0 aliphatic carbocycles. The van der Waals surface area contributed by atoms with Gasteiger partial charge in [-0.15, -0.1) is 0 Å². The molecule has 0 saturated heterocycles. The molecule has 1 unspecified atom stereocenters. The van der Waals surface area contributed by atoms with Crippen molar-refractivity contribution >= 4 is 5.97 Å². The van der Waals surface area contributed by atoms with Gasteiger partial charge in [0.05, 0.1) is 6.61 Å². The number of hydrogen-bond acceptors (Lipinski definition) is 4. The Balaban J connectivity index is 2.79. The van der Waals surface area contributed by atoms with Crippen molar-refractivity contribution in [1.82, 2.24) is 0 Å². The van der Waals surface area contributed by atoms with Crippen LogP contribution in [-0.2, 0) is 9.53 Å². The van der Waals surface area contributed by atoms with Gasteiger partial charge in [0.2, 0.25) is 0 Å². The molecule has 0 spiro atoms. The fraction of sp³-hybridized carbons (Fsp3) is 0.357. The van der Waals surface area contributed by atoms with Crippen LogP contribution in [0.2, 0.25) is 0 Å². The molecule has 0 amide bonds. The Morgan fingerprint density at radius 3 is 2.72 bits per heavy atom. The number of hydrogen-bond donors (Lipinski definition) is 2. The predicted octanol–water partition coefficient (Wildman–Crippen LogP) is 2.71. The van der Waals surface area contributed by atoms with Crippen molar-refractivity contribution in [2.45, 2.75) is 25.7 Å². The van der Waals surface area contributed by atoms with Gasteiger partial charge in [-0.1, -0.05) is 26.0 Å². The fourth-order valence-electron chi connectivity index (χ4n) is 1.73. The monoisotopic (exact) mass is 250 g/mol. The lowest BCUT2D eigenvalue weighted by molar-refractivity contribution is -0.138. The Labute approximate surface area is 107 Å². The maximum absolute atomic E-state index is 11.0. The molecule has 0 aliphatic heterocycles. The summed E-state index contributed by atoms with van der Waals surface area (Å²) in [5, 5.41) is 18.7. The molecule has 0 bridgehead atoms. The zero-order valence-electron chi connectivity index (χ0n) is 10.4. The third-order valence-electron chi connectivity index (χ3n) is 2.70. The number of ether oxygens (including phenoxy) is 1. The Hall–Kier alpha value is -1.97. The summed E-state index contributed by atoms with van der Waals surface area (Å²) in [4.78, 5) is 11.0. The van der Waals surface area contributed by atoms with Crippen LogP contribution in [0.4, 0.5) is 0 Å². The van der Waals surface area contributed by atoms with E-state index in [2.05, 4.69) is 6.58 Å². The van der Waals surface area contributed by atoms with E-state index in [1.54, 1.807) is 6.07 Å². The van der Waals surface area contributed by atoms with E-state index in [4.69, 9.17) is 4.74 Å². The summed E-state index contributed by atoms with van der Waals surface area (Å²) < 4.78 is 5.03. The van der Waals surface area contributed by atoms with Gasteiger partial charge in [-0.2, -0.15) is 0 Å². The third kappa shape index (κ3) is 3.80. The average Bonchev–Trinajstić information content (AvgIpc) is 2.37. The summed E-state index contributed by atoms with van der Waals surface area (Å²) >= 11 is 0. The molecule has 1 aromatic rings. The second kappa shape index (κ2) is 6.69. The molecule has 0 aromatic heterocycles. The molecule has 1 aromatic carbocycles. The standard InChI is InChI=1S/C14H18O4/c1-3-5-11(9-18-14(17)4-2)10-6-7-12(15)13(16)8-10/h4,6-8,11,15-16H,2-3,5,9H2,1H3. The number of aromatic hydroxyl groups is 2. The molecule has 0 heterocycles. The Morgan fingerprint density at radius 2 is 2.17 bits per heavy atom. The van der Waals surface area contributed by atoms with E-state index in [-0.39, 0.29) is 24.0 Å². The van der Waals surface area contributed by atoms with E-state index in [0.717, 1.165) is 24.5 Å². The fourth-order valence-corrected chi connectivity index (χ4v) is 1.73. The first kappa shape index (κ1) is 14.1. The quantitative estimate of drug-likeness (QED) is 0.463. The van der Waals surface area contributed by atoms with Crippen LogP contribution >= 0.6 is 0 Å². The highest BCUT2D eigenvalue weighted by Gasteiger charge is 2.14. The first-order chi connectivity index (χ1) is 8.58. The van der Waals surface area contributed by atoms with Crippen molar-refractivity contribution in [3.8, 4) is 11.5 Å². The van der Waals surface area contributed by atoms with Gasteiger partial charge in [0.15, 0.2) is 11.5 Å². The number of carbonyl (C=O) groups excluding carboxylic acids is 1. The average molecular weight is 250 g/mol. The van der Waals surface area contributed by atoms with Crippen molar-refractivity contribution in [2.24, 2.45) is 0 Å². The molecule has 1 atom stereocenters. The van der Waals surface area contributed by atoms with Crippen molar-refractivity contribution in [1.29, 1.82) is 0 Å². The number of benzene rings is 1. The summed E-state index contributed by atoms with van der Waals surface area (Å²) in [5.41, 5.74) is 0.837. The van der Waals surface area contributed by atoms with E-state index in [1.165, 1.54) is 12.1 Å². The second-order valence-electron chi connectivity index (χ2n) is 4.07. The Kier molecular flexibility index (Phi) is 5.24. The molecule has 98 valence electrons. The topological polar surface area (TPSA) is 66.8 Å². The highest BCUT2D eigenvalue weighted by atomic mass is 16.5. The van der Waals surface area contributed by atoms with E-state index in [0.29, 0.717) is 0 Å². The maximum Gasteiger partial charge on any atom is 0.330 e. The van der Waals surface area contributed by atoms with Crippen LogP contribution in [0.5, 0.6) is 11.5 Å². The van der Waals surface area contributed by atoms with Crippen molar-refractivity contribution in [3.63, 3.8) is 0 Å². The molecule has 0 aliphatic rings. The molecule has 1 rings (SSSR count). The molecule has 18 heavy (non-hydrogen) atoms. The molecule has 0 radical (unpaired) electrons. The van der Waals surface area contributed by atoms with Crippen LogP contribution < -0.4 is 0 Å². The summed E-state index contributed by atoms with van der Waals surface area (Å²) in [7, 11) is 0. The van der Waals surface area contributed by atoms with Gasteiger partial charge in [0, 0.05) is 12.0 Å². The summed E-state index contributed by atoms with van der Waals surface area (Å²) in [6, 6.07) is 4.65. The van der Waals surface area contributed by atoms with Crippen LogP contribution in [0, 0.1) is 0 Å². The first-order valence-corrected chi connectivity index (χ1v) is 5.89. The van der Waals surface area contributed by atoms with Gasteiger partial charge < -0.3 is 14.9 Å². The summed E-state index contributed by atoms with van der Waals surface area (Å²) in [5.74, 6) is -0.773. The van der Waals surface area contributed by atoms with Gasteiger partial charge >= 0.3 is 5.97 Å². The van der Waals surface area contributed by atoms with Gasteiger partial charge in [0.1, 0.15) is 0 Å². The van der Waals surface area contributed by atoms with Crippen LogP contribution in [0.3, 0.4) is 0 Å². The third-order valence-corrected chi connectivity index (χ3v) is 2.70. The van der Waals surface area contributed by atoms with Crippen LogP contribution in [0.15, 0.2) is 30.9 Å². The van der Waals surface area contributed by atoms with Gasteiger partial charge in [0.25, 0.3) is 0 Å². The Morgan fingerprint density at radius 1 is 1.44 bits per heavy atom. The normalized spacial score (nSPS) is 11.8. The lowest BCUT2D eigenvalue weighted by Crippen LogP contribution is -2.11. The van der Waals surface area contributed by atoms with Crippen LogP contribution in [0.1, 0.15) is 31.2 Å². The molecular formula is C14H18O4. The number of rotatable bonds is 6. The largest absolute Gasteiger partial charge is 0.504 e. The van der Waals surface area contributed by atoms with Crippen molar-refractivity contribution in [2.75, 3.05) is 6.61 Å². The highest BCUT2D eigenvalue weighted by Crippen LogP contribution is 2.30. The number of phenols is 2. The molecule has 0 fully saturated rings. The maximum atomic E-state index is 11.0. The minimum Gasteiger partial charge on any atom is -0.504 e. The van der Waals surface area contributed by atoms with E-state index < -0.39 is 5.97 Å². The molecule has 4 nitrogen and oxygen atoms in total. The number of carbonyl (C=O) groups is 1. The van der Waals surface area contributed by atoms with Gasteiger partial charge in [-0.05, 0) is 24.1 Å². The smallest absolute Gasteiger partial charge is 0.330 e. The second-order valence-corrected chi connectivity index (χ2v) is 4.07. The summed E-state index contributed by atoms with van der Waals surface area (Å²) in [6.07, 6.45) is 2.88. The lowest BCUT2D eigenvalue weighted by atomic mass is 9.95. The zero-order valence-corrected chi connectivity index (χ0v) is 10.4. The molecule has 0 saturated carbocycles. The molecular weight excluding hydrogens is 232 g/mol. The minimum absolute atomic E-state index is 0.00500. The number of esters is 1. The summed E-state index contributed by atoms with van der Waals surface area (Å²) in [6.45, 7) is 5.60. The minimum atomic E-state index is -0.459. The molecule has 4 heteroatoms. The SMILES string of the molecule is C=CC(=O)OCC(CCC)c1ccc(O)c(O)c1. The van der Waals surface area contributed by atoms with Gasteiger partial charge in [-0.3, -0.25) is 0 Å². The van der Waals surface area contributed by atoms with Crippen molar-refractivity contribution < 1.29 is 19.7 Å².